The lowest BCUT2D eigenvalue weighted by atomic mass is 10.0. The van der Waals surface area contributed by atoms with Crippen LogP contribution in [0.3, 0.4) is 0 Å². The van der Waals surface area contributed by atoms with E-state index in [1.165, 1.54) is 0 Å². The number of rotatable bonds is 6. The Bertz CT molecular complexity index is 723. The fourth-order valence-corrected chi connectivity index (χ4v) is 2.82. The number of fused-ring (bicyclic) bond motifs is 1. The quantitative estimate of drug-likeness (QED) is 0.891. The van der Waals surface area contributed by atoms with Gasteiger partial charge >= 0.3 is 0 Å². The smallest absolute Gasteiger partial charge is 0.153 e. The van der Waals surface area contributed by atoms with E-state index in [1.54, 1.807) is 6.92 Å². The number of ether oxygens (including phenoxy) is 1. The van der Waals surface area contributed by atoms with Gasteiger partial charge in [-0.05, 0) is 12.3 Å². The summed E-state index contributed by atoms with van der Waals surface area (Å²) in [7, 11) is -3.03. The molecule has 0 saturated carbocycles. The van der Waals surface area contributed by atoms with Crippen molar-refractivity contribution in [3.63, 3.8) is 0 Å². The summed E-state index contributed by atoms with van der Waals surface area (Å²) in [5.41, 5.74) is 6.88. The maximum Gasteiger partial charge on any atom is 0.153 e. The van der Waals surface area contributed by atoms with Crippen LogP contribution in [-0.4, -0.2) is 26.5 Å². The van der Waals surface area contributed by atoms with Crippen LogP contribution in [0.15, 0.2) is 36.4 Å². The molecule has 4 nitrogen and oxygen atoms in total. The van der Waals surface area contributed by atoms with E-state index in [0.29, 0.717) is 5.75 Å². The van der Waals surface area contributed by atoms with Gasteiger partial charge in [0.2, 0.25) is 0 Å². The SMILES string of the molecule is CCS(=O)(=O)CCOc1c(C(C)N)ccc2ccccc12. The molecule has 2 rings (SSSR count). The molecule has 1 unspecified atom stereocenters. The van der Waals surface area contributed by atoms with Gasteiger partial charge in [0.15, 0.2) is 9.84 Å². The van der Waals surface area contributed by atoms with Gasteiger partial charge in [-0.3, -0.25) is 0 Å². The highest BCUT2D eigenvalue weighted by Gasteiger charge is 2.14. The van der Waals surface area contributed by atoms with Crippen LogP contribution in [0.25, 0.3) is 10.8 Å². The molecule has 1 atom stereocenters. The van der Waals surface area contributed by atoms with Crippen molar-refractivity contribution in [2.75, 3.05) is 18.1 Å². The summed E-state index contributed by atoms with van der Waals surface area (Å²) in [6.45, 7) is 3.67. The van der Waals surface area contributed by atoms with Gasteiger partial charge in [-0.1, -0.05) is 43.3 Å². The van der Waals surface area contributed by atoms with Gasteiger partial charge in [0.25, 0.3) is 0 Å². The molecule has 5 heteroatoms. The Morgan fingerprint density at radius 1 is 1.19 bits per heavy atom. The van der Waals surface area contributed by atoms with Crippen LogP contribution < -0.4 is 10.5 Å². The zero-order valence-corrected chi connectivity index (χ0v) is 13.2. The molecule has 0 spiro atoms. The van der Waals surface area contributed by atoms with Gasteiger partial charge in [-0.2, -0.15) is 0 Å². The second kappa shape index (κ2) is 6.45. The zero-order chi connectivity index (χ0) is 15.5. The average molecular weight is 307 g/mol. The Morgan fingerprint density at radius 3 is 2.57 bits per heavy atom. The van der Waals surface area contributed by atoms with Crippen LogP contribution >= 0.6 is 0 Å². The van der Waals surface area contributed by atoms with Gasteiger partial charge in [0.05, 0.1) is 5.75 Å². The molecule has 0 amide bonds. The summed E-state index contributed by atoms with van der Waals surface area (Å²) in [4.78, 5) is 0. The molecule has 0 saturated heterocycles. The van der Waals surface area contributed by atoms with Crippen molar-refractivity contribution in [1.82, 2.24) is 0 Å². The fraction of sp³-hybridized carbons (Fsp3) is 0.375. The first-order valence-electron chi connectivity index (χ1n) is 7.05. The van der Waals surface area contributed by atoms with Crippen molar-refractivity contribution < 1.29 is 13.2 Å². The van der Waals surface area contributed by atoms with Crippen molar-refractivity contribution in [3.8, 4) is 5.75 Å². The summed E-state index contributed by atoms with van der Waals surface area (Å²) in [5.74, 6) is 0.839. The molecule has 2 aromatic rings. The van der Waals surface area contributed by atoms with Crippen molar-refractivity contribution in [1.29, 1.82) is 0 Å². The molecular weight excluding hydrogens is 286 g/mol. The van der Waals surface area contributed by atoms with E-state index >= 15 is 0 Å². The van der Waals surface area contributed by atoms with E-state index in [1.807, 2.05) is 43.3 Å². The largest absolute Gasteiger partial charge is 0.492 e. The van der Waals surface area contributed by atoms with E-state index in [0.717, 1.165) is 16.3 Å². The van der Waals surface area contributed by atoms with Gasteiger partial charge in [0.1, 0.15) is 12.4 Å². The molecule has 0 fully saturated rings. The standard InChI is InChI=1S/C16H21NO3S/c1-3-21(18,19)11-10-20-16-14(12(2)17)9-8-13-6-4-5-7-15(13)16/h4-9,12H,3,10-11,17H2,1-2H3. The molecule has 2 N–H and O–H groups in total. The maximum absolute atomic E-state index is 11.6. The first kappa shape index (κ1) is 15.8. The highest BCUT2D eigenvalue weighted by Crippen LogP contribution is 2.32. The van der Waals surface area contributed by atoms with Gasteiger partial charge < -0.3 is 10.5 Å². The zero-order valence-electron chi connectivity index (χ0n) is 12.4. The van der Waals surface area contributed by atoms with E-state index < -0.39 is 9.84 Å². The molecule has 0 bridgehead atoms. The topological polar surface area (TPSA) is 69.4 Å². The minimum Gasteiger partial charge on any atom is -0.492 e. The third kappa shape index (κ3) is 3.74. The monoisotopic (exact) mass is 307 g/mol. The Morgan fingerprint density at radius 2 is 1.90 bits per heavy atom. The third-order valence-corrected chi connectivity index (χ3v) is 5.15. The second-order valence-electron chi connectivity index (χ2n) is 5.08. The Hall–Kier alpha value is -1.59. The van der Waals surface area contributed by atoms with E-state index in [2.05, 4.69) is 0 Å². The summed E-state index contributed by atoms with van der Waals surface area (Å²) in [5, 5.41) is 2.01. The number of benzene rings is 2. The molecule has 0 aliphatic carbocycles. The molecular formula is C16H21NO3S. The van der Waals surface area contributed by atoms with E-state index in [9.17, 15) is 8.42 Å². The second-order valence-corrected chi connectivity index (χ2v) is 7.55. The summed E-state index contributed by atoms with van der Waals surface area (Å²) in [6, 6.07) is 11.6. The van der Waals surface area contributed by atoms with Crippen molar-refractivity contribution >= 4 is 20.6 Å². The van der Waals surface area contributed by atoms with Crippen LogP contribution in [0, 0.1) is 0 Å². The van der Waals surface area contributed by atoms with Crippen LogP contribution in [0.5, 0.6) is 5.75 Å². The van der Waals surface area contributed by atoms with E-state index in [-0.39, 0.29) is 24.2 Å². The Balaban J connectivity index is 2.34. The summed E-state index contributed by atoms with van der Waals surface area (Å²) >= 11 is 0. The predicted molar refractivity (Wildman–Crippen MR) is 86.4 cm³/mol. The van der Waals surface area contributed by atoms with Crippen molar-refractivity contribution in [2.24, 2.45) is 5.73 Å². The molecule has 0 radical (unpaired) electrons. The lowest BCUT2D eigenvalue weighted by Crippen LogP contribution is -2.17. The molecule has 21 heavy (non-hydrogen) atoms. The van der Waals surface area contributed by atoms with Crippen LogP contribution in [-0.2, 0) is 9.84 Å². The highest BCUT2D eigenvalue weighted by atomic mass is 32.2. The van der Waals surface area contributed by atoms with Gasteiger partial charge in [-0.25, -0.2) is 8.42 Å². The molecule has 114 valence electrons. The van der Waals surface area contributed by atoms with Crippen LogP contribution in [0.1, 0.15) is 25.5 Å². The molecule has 2 aromatic carbocycles. The minimum absolute atomic E-state index is 0.0190. The van der Waals surface area contributed by atoms with Gasteiger partial charge in [-0.15, -0.1) is 0 Å². The predicted octanol–water partition coefficient (Wildman–Crippen LogP) is 2.67. The lowest BCUT2D eigenvalue weighted by Gasteiger charge is -2.16. The molecule has 0 heterocycles. The molecule has 0 aliphatic rings. The number of hydrogen-bond donors (Lipinski definition) is 1. The number of nitrogens with two attached hydrogens (primary N) is 1. The summed E-state index contributed by atoms with van der Waals surface area (Å²) < 4.78 is 28.9. The summed E-state index contributed by atoms with van der Waals surface area (Å²) in [6.07, 6.45) is 0. The van der Waals surface area contributed by atoms with Crippen molar-refractivity contribution in [2.45, 2.75) is 19.9 Å². The van der Waals surface area contributed by atoms with Gasteiger partial charge in [0, 0.05) is 22.7 Å². The van der Waals surface area contributed by atoms with Crippen LogP contribution in [0.2, 0.25) is 0 Å². The Labute approximate surface area is 125 Å². The molecule has 0 aromatic heterocycles. The van der Waals surface area contributed by atoms with Crippen molar-refractivity contribution in [3.05, 3.63) is 42.0 Å². The lowest BCUT2D eigenvalue weighted by molar-refractivity contribution is 0.339. The minimum atomic E-state index is -3.03. The fourth-order valence-electron chi connectivity index (χ4n) is 2.19. The first-order valence-corrected chi connectivity index (χ1v) is 8.87. The Kier molecular flexibility index (Phi) is 4.85. The highest BCUT2D eigenvalue weighted by molar-refractivity contribution is 7.91. The van der Waals surface area contributed by atoms with E-state index in [4.69, 9.17) is 10.5 Å². The molecule has 0 aliphatic heterocycles. The first-order chi connectivity index (χ1) is 9.94. The normalized spacial score (nSPS) is 13.3. The van der Waals surface area contributed by atoms with Crippen LogP contribution in [0.4, 0.5) is 0 Å². The third-order valence-electron chi connectivity index (χ3n) is 3.48. The number of sulfone groups is 1. The number of hydrogen-bond acceptors (Lipinski definition) is 4. The maximum atomic E-state index is 11.6. The average Bonchev–Trinajstić information content (AvgIpc) is 2.47.